The fourth-order valence-electron chi connectivity index (χ4n) is 3.07. The van der Waals surface area contributed by atoms with Crippen molar-refractivity contribution < 1.29 is 4.74 Å². The molecular weight excluding hydrogens is 338 g/mol. The molecule has 1 heterocycles. The third-order valence-corrected chi connectivity index (χ3v) is 6.26. The summed E-state index contributed by atoms with van der Waals surface area (Å²) < 4.78 is 6.53. The molecule has 0 N–H and O–H groups in total. The molecule has 0 unspecified atom stereocenters. The summed E-state index contributed by atoms with van der Waals surface area (Å²) in [7, 11) is 1.70. The van der Waals surface area contributed by atoms with Crippen molar-refractivity contribution in [2.24, 2.45) is 0 Å². The van der Waals surface area contributed by atoms with Gasteiger partial charge in [0.15, 0.2) is 0 Å². The number of halogens is 1. The Balaban J connectivity index is 1.55. The molecule has 124 valence electrons. The van der Waals surface area contributed by atoms with Gasteiger partial charge in [-0.2, -0.15) is 0 Å². The van der Waals surface area contributed by atoms with Gasteiger partial charge in [-0.1, -0.05) is 41.9 Å². The SMILES string of the molecule is COc1ccc(CN(Cc2sc3ccccc3c2Cl)C2CC2)cc1. The number of thiophene rings is 1. The van der Waals surface area contributed by atoms with Crippen molar-refractivity contribution in [3.05, 3.63) is 64.0 Å². The van der Waals surface area contributed by atoms with E-state index >= 15 is 0 Å². The molecule has 1 aliphatic rings. The Morgan fingerprint density at radius 1 is 1.08 bits per heavy atom. The predicted molar refractivity (Wildman–Crippen MR) is 102 cm³/mol. The molecule has 1 fully saturated rings. The van der Waals surface area contributed by atoms with Gasteiger partial charge in [0.25, 0.3) is 0 Å². The van der Waals surface area contributed by atoms with Crippen LogP contribution in [0.15, 0.2) is 48.5 Å². The van der Waals surface area contributed by atoms with Gasteiger partial charge in [-0.3, -0.25) is 4.90 Å². The maximum atomic E-state index is 6.64. The number of benzene rings is 2. The predicted octanol–water partition coefficient (Wildman–Crippen LogP) is 5.73. The molecule has 3 aromatic rings. The molecule has 0 amide bonds. The van der Waals surface area contributed by atoms with Crippen LogP contribution < -0.4 is 4.74 Å². The van der Waals surface area contributed by atoms with Gasteiger partial charge < -0.3 is 4.74 Å². The quantitative estimate of drug-likeness (QED) is 0.558. The first-order valence-corrected chi connectivity index (χ1v) is 9.47. The molecule has 1 aromatic heterocycles. The van der Waals surface area contributed by atoms with Gasteiger partial charge in [0.1, 0.15) is 5.75 Å². The molecule has 4 rings (SSSR count). The maximum absolute atomic E-state index is 6.64. The topological polar surface area (TPSA) is 12.5 Å². The van der Waals surface area contributed by atoms with E-state index in [-0.39, 0.29) is 0 Å². The van der Waals surface area contributed by atoms with Gasteiger partial charge >= 0.3 is 0 Å². The fourth-order valence-corrected chi connectivity index (χ4v) is 4.59. The zero-order valence-corrected chi connectivity index (χ0v) is 15.2. The van der Waals surface area contributed by atoms with Gasteiger partial charge in [-0.25, -0.2) is 0 Å². The van der Waals surface area contributed by atoms with Crippen molar-refractivity contribution in [3.8, 4) is 5.75 Å². The maximum Gasteiger partial charge on any atom is 0.118 e. The van der Waals surface area contributed by atoms with Gasteiger partial charge in [0.2, 0.25) is 0 Å². The third kappa shape index (κ3) is 3.30. The summed E-state index contributed by atoms with van der Waals surface area (Å²) in [5.74, 6) is 0.907. The second-order valence-electron chi connectivity index (χ2n) is 6.32. The van der Waals surface area contributed by atoms with Crippen molar-refractivity contribution in [2.45, 2.75) is 32.0 Å². The Bertz CT molecular complexity index is 838. The van der Waals surface area contributed by atoms with E-state index in [4.69, 9.17) is 16.3 Å². The lowest BCUT2D eigenvalue weighted by atomic mass is 10.2. The fraction of sp³-hybridized carbons (Fsp3) is 0.300. The van der Waals surface area contributed by atoms with Crippen molar-refractivity contribution in [1.82, 2.24) is 4.90 Å². The van der Waals surface area contributed by atoms with Crippen LogP contribution in [0.4, 0.5) is 0 Å². The number of methoxy groups -OCH3 is 1. The van der Waals surface area contributed by atoms with Crippen LogP contribution in [0, 0.1) is 0 Å². The average Bonchev–Trinajstić information content (AvgIpc) is 3.41. The molecule has 4 heteroatoms. The van der Waals surface area contributed by atoms with Crippen LogP contribution in [0.5, 0.6) is 5.75 Å². The van der Waals surface area contributed by atoms with E-state index in [1.807, 2.05) is 23.5 Å². The monoisotopic (exact) mass is 357 g/mol. The minimum atomic E-state index is 0.688. The molecule has 2 aromatic carbocycles. The van der Waals surface area contributed by atoms with Gasteiger partial charge in [0.05, 0.1) is 12.1 Å². The Morgan fingerprint density at radius 2 is 1.83 bits per heavy atom. The van der Waals surface area contributed by atoms with Gasteiger partial charge in [-0.05, 0) is 36.6 Å². The molecule has 0 atom stereocenters. The summed E-state index contributed by atoms with van der Waals surface area (Å²) in [6.45, 7) is 1.88. The minimum absolute atomic E-state index is 0.688. The number of hydrogen-bond acceptors (Lipinski definition) is 3. The number of nitrogens with zero attached hydrogens (tertiary/aromatic N) is 1. The molecule has 0 bridgehead atoms. The molecular formula is C20H20ClNOS. The zero-order valence-electron chi connectivity index (χ0n) is 13.7. The minimum Gasteiger partial charge on any atom is -0.497 e. The van der Waals surface area contributed by atoms with E-state index in [1.54, 1.807) is 7.11 Å². The van der Waals surface area contributed by atoms with Crippen molar-refractivity contribution >= 4 is 33.0 Å². The summed E-state index contributed by atoms with van der Waals surface area (Å²) in [6.07, 6.45) is 2.58. The lowest BCUT2D eigenvalue weighted by Crippen LogP contribution is -2.24. The van der Waals surface area contributed by atoms with E-state index < -0.39 is 0 Å². The average molecular weight is 358 g/mol. The molecule has 0 spiro atoms. The van der Waals surface area contributed by atoms with Crippen LogP contribution in [0.25, 0.3) is 10.1 Å². The lowest BCUT2D eigenvalue weighted by molar-refractivity contribution is 0.248. The van der Waals surface area contributed by atoms with E-state index in [2.05, 4.69) is 41.3 Å². The first kappa shape index (κ1) is 15.9. The number of fused-ring (bicyclic) bond motifs is 1. The van der Waals surface area contributed by atoms with Crippen molar-refractivity contribution in [3.63, 3.8) is 0 Å². The Morgan fingerprint density at radius 3 is 2.50 bits per heavy atom. The first-order valence-electron chi connectivity index (χ1n) is 8.27. The summed E-state index contributed by atoms with van der Waals surface area (Å²) in [4.78, 5) is 3.83. The first-order chi connectivity index (χ1) is 11.7. The second-order valence-corrected chi connectivity index (χ2v) is 7.83. The highest BCUT2D eigenvalue weighted by molar-refractivity contribution is 7.19. The van der Waals surface area contributed by atoms with E-state index in [9.17, 15) is 0 Å². The highest BCUT2D eigenvalue weighted by atomic mass is 35.5. The van der Waals surface area contributed by atoms with Crippen molar-refractivity contribution in [1.29, 1.82) is 0 Å². The standard InChI is InChI=1S/C20H20ClNOS/c1-23-16-10-6-14(7-11-16)12-22(15-8-9-15)13-19-20(21)17-4-2-3-5-18(17)24-19/h2-7,10-11,15H,8-9,12-13H2,1H3. The smallest absolute Gasteiger partial charge is 0.118 e. The Hall–Kier alpha value is -1.55. The van der Waals surface area contributed by atoms with Crippen LogP contribution in [-0.4, -0.2) is 18.1 Å². The summed E-state index contributed by atoms with van der Waals surface area (Å²) in [5.41, 5.74) is 1.32. The zero-order chi connectivity index (χ0) is 16.5. The van der Waals surface area contributed by atoms with Gasteiger partial charge in [-0.15, -0.1) is 11.3 Å². The number of rotatable bonds is 6. The highest BCUT2D eigenvalue weighted by Gasteiger charge is 2.30. The van der Waals surface area contributed by atoms with Crippen molar-refractivity contribution in [2.75, 3.05) is 7.11 Å². The number of hydrogen-bond donors (Lipinski definition) is 0. The van der Waals surface area contributed by atoms with Crippen LogP contribution in [0.1, 0.15) is 23.3 Å². The van der Waals surface area contributed by atoms with E-state index in [0.29, 0.717) is 6.04 Å². The van der Waals surface area contributed by atoms with Gasteiger partial charge in [0, 0.05) is 34.1 Å². The summed E-state index contributed by atoms with van der Waals surface area (Å²) >= 11 is 8.46. The third-order valence-electron chi connectivity index (χ3n) is 4.56. The van der Waals surface area contributed by atoms with Crippen LogP contribution in [0.3, 0.4) is 0 Å². The molecule has 0 aliphatic heterocycles. The normalized spacial score (nSPS) is 14.5. The Kier molecular flexibility index (Phi) is 4.49. The van der Waals surface area contributed by atoms with Crippen LogP contribution in [-0.2, 0) is 13.1 Å². The lowest BCUT2D eigenvalue weighted by Gasteiger charge is -2.21. The van der Waals surface area contributed by atoms with Crippen LogP contribution >= 0.6 is 22.9 Å². The second kappa shape index (κ2) is 6.75. The Labute approximate surface area is 151 Å². The molecule has 0 radical (unpaired) electrons. The summed E-state index contributed by atoms with van der Waals surface area (Å²) in [5, 5.41) is 2.11. The largest absolute Gasteiger partial charge is 0.497 e. The molecule has 1 saturated carbocycles. The molecule has 2 nitrogen and oxygen atoms in total. The number of ether oxygens (including phenoxy) is 1. The molecule has 1 aliphatic carbocycles. The summed E-state index contributed by atoms with van der Waals surface area (Å²) in [6, 6.07) is 17.5. The van der Waals surface area contributed by atoms with Crippen LogP contribution in [0.2, 0.25) is 5.02 Å². The molecule has 0 saturated heterocycles. The van der Waals surface area contributed by atoms with E-state index in [0.717, 1.165) is 23.9 Å². The van der Waals surface area contributed by atoms with E-state index in [1.165, 1.54) is 33.4 Å². The highest BCUT2D eigenvalue weighted by Crippen LogP contribution is 2.38. The molecule has 24 heavy (non-hydrogen) atoms.